The van der Waals surface area contributed by atoms with Crippen LogP contribution in [0.1, 0.15) is 24.0 Å². The monoisotopic (exact) mass is 340 g/mol. The van der Waals surface area contributed by atoms with Crippen molar-refractivity contribution >= 4 is 17.9 Å². The van der Waals surface area contributed by atoms with Crippen molar-refractivity contribution < 1.29 is 19.1 Å². The van der Waals surface area contributed by atoms with Gasteiger partial charge in [-0.3, -0.25) is 14.9 Å². The van der Waals surface area contributed by atoms with E-state index >= 15 is 0 Å². The van der Waals surface area contributed by atoms with Gasteiger partial charge < -0.3 is 10.1 Å². The van der Waals surface area contributed by atoms with Crippen molar-refractivity contribution in [3.05, 3.63) is 71.8 Å². The van der Waals surface area contributed by atoms with Crippen LogP contribution >= 0.6 is 0 Å². The predicted molar refractivity (Wildman–Crippen MR) is 92.9 cm³/mol. The van der Waals surface area contributed by atoms with E-state index in [1.54, 1.807) is 0 Å². The van der Waals surface area contributed by atoms with Crippen LogP contribution in [0, 0.1) is 0 Å². The van der Waals surface area contributed by atoms with Crippen molar-refractivity contribution in [1.82, 2.24) is 10.6 Å². The Morgan fingerprint density at radius 3 is 1.80 bits per heavy atom. The van der Waals surface area contributed by atoms with Gasteiger partial charge in [0.1, 0.15) is 5.92 Å². The lowest BCUT2D eigenvalue weighted by molar-refractivity contribution is -0.155. The SMILES string of the molecule is CNC(=O)NC(=O)[C@@H](C)OC(=O)C(c1ccccc1)c1ccccc1. The molecule has 2 aromatic rings. The van der Waals surface area contributed by atoms with Gasteiger partial charge in [-0.15, -0.1) is 0 Å². The van der Waals surface area contributed by atoms with Crippen molar-refractivity contribution in [1.29, 1.82) is 0 Å². The third-order valence-electron chi connectivity index (χ3n) is 3.63. The topological polar surface area (TPSA) is 84.5 Å². The zero-order chi connectivity index (χ0) is 18.2. The summed E-state index contributed by atoms with van der Waals surface area (Å²) in [6.07, 6.45) is -1.10. The molecule has 0 aromatic heterocycles. The summed E-state index contributed by atoms with van der Waals surface area (Å²) >= 11 is 0. The largest absolute Gasteiger partial charge is 0.452 e. The minimum atomic E-state index is -1.10. The van der Waals surface area contributed by atoms with Crippen LogP contribution in [-0.2, 0) is 14.3 Å². The van der Waals surface area contributed by atoms with Gasteiger partial charge in [0.2, 0.25) is 0 Å². The summed E-state index contributed by atoms with van der Waals surface area (Å²) in [5, 5.41) is 4.35. The second-order valence-corrected chi connectivity index (χ2v) is 5.40. The highest BCUT2D eigenvalue weighted by Crippen LogP contribution is 2.26. The van der Waals surface area contributed by atoms with E-state index in [9.17, 15) is 14.4 Å². The maximum atomic E-state index is 12.7. The highest BCUT2D eigenvalue weighted by molar-refractivity contribution is 5.97. The molecule has 1 atom stereocenters. The van der Waals surface area contributed by atoms with Gasteiger partial charge in [0, 0.05) is 7.05 Å². The molecule has 25 heavy (non-hydrogen) atoms. The Kier molecular flexibility index (Phi) is 6.28. The van der Waals surface area contributed by atoms with Gasteiger partial charge in [0.25, 0.3) is 5.91 Å². The Hall–Kier alpha value is -3.15. The smallest absolute Gasteiger partial charge is 0.321 e. The van der Waals surface area contributed by atoms with Crippen LogP contribution in [0.3, 0.4) is 0 Å². The molecule has 0 aliphatic carbocycles. The Labute approximate surface area is 146 Å². The molecule has 0 heterocycles. The highest BCUT2D eigenvalue weighted by atomic mass is 16.5. The van der Waals surface area contributed by atoms with Crippen molar-refractivity contribution in [3.8, 4) is 0 Å². The van der Waals surface area contributed by atoms with Crippen LogP contribution in [-0.4, -0.2) is 31.1 Å². The van der Waals surface area contributed by atoms with E-state index in [0.29, 0.717) is 0 Å². The summed E-state index contributed by atoms with van der Waals surface area (Å²) in [6, 6.07) is 17.7. The standard InChI is InChI=1S/C19H20N2O4/c1-13(17(22)21-19(24)20-2)25-18(23)16(14-9-5-3-6-10-14)15-11-7-4-8-12-15/h3-13,16H,1-2H3,(H2,20,21,22,24)/t13-/m1/s1. The molecular weight excluding hydrogens is 320 g/mol. The van der Waals surface area contributed by atoms with Gasteiger partial charge in [-0.2, -0.15) is 0 Å². The number of carbonyl (C=O) groups is 3. The summed E-state index contributed by atoms with van der Waals surface area (Å²) in [5.74, 6) is -1.90. The Morgan fingerprint density at radius 1 is 0.880 bits per heavy atom. The molecule has 0 unspecified atom stereocenters. The summed E-state index contributed by atoms with van der Waals surface area (Å²) in [4.78, 5) is 35.8. The Bertz CT molecular complexity index is 692. The number of amides is 3. The zero-order valence-corrected chi connectivity index (χ0v) is 14.1. The molecular formula is C19H20N2O4. The van der Waals surface area contributed by atoms with E-state index in [2.05, 4.69) is 10.6 Å². The fourth-order valence-corrected chi connectivity index (χ4v) is 2.33. The third-order valence-corrected chi connectivity index (χ3v) is 3.63. The lowest BCUT2D eigenvalue weighted by Gasteiger charge is -2.20. The second-order valence-electron chi connectivity index (χ2n) is 5.40. The minimum Gasteiger partial charge on any atom is -0.452 e. The minimum absolute atomic E-state index is 0.558. The highest BCUT2D eigenvalue weighted by Gasteiger charge is 2.28. The quantitative estimate of drug-likeness (QED) is 0.817. The number of hydrogen-bond acceptors (Lipinski definition) is 4. The van der Waals surface area contributed by atoms with E-state index in [-0.39, 0.29) is 0 Å². The Morgan fingerprint density at radius 2 is 1.36 bits per heavy atom. The number of imide groups is 1. The molecule has 6 nitrogen and oxygen atoms in total. The third kappa shape index (κ3) is 4.91. The van der Waals surface area contributed by atoms with Gasteiger partial charge in [-0.25, -0.2) is 4.79 Å². The molecule has 0 aliphatic heterocycles. The maximum Gasteiger partial charge on any atom is 0.321 e. The van der Waals surface area contributed by atoms with Gasteiger partial charge in [0.05, 0.1) is 0 Å². The number of carbonyl (C=O) groups excluding carboxylic acids is 3. The molecule has 0 saturated heterocycles. The van der Waals surface area contributed by atoms with Crippen LogP contribution in [0.2, 0.25) is 0 Å². The number of hydrogen-bond donors (Lipinski definition) is 2. The van der Waals surface area contributed by atoms with E-state index in [1.807, 2.05) is 60.7 Å². The maximum absolute atomic E-state index is 12.7. The van der Waals surface area contributed by atoms with Crippen LogP contribution in [0.5, 0.6) is 0 Å². The molecule has 0 aliphatic rings. The molecule has 0 bridgehead atoms. The molecule has 0 fully saturated rings. The molecule has 3 amide bonds. The molecule has 0 spiro atoms. The molecule has 0 radical (unpaired) electrons. The number of urea groups is 1. The van der Waals surface area contributed by atoms with Crippen molar-refractivity contribution in [2.45, 2.75) is 18.9 Å². The van der Waals surface area contributed by atoms with E-state index in [4.69, 9.17) is 4.74 Å². The average Bonchev–Trinajstić information content (AvgIpc) is 2.63. The van der Waals surface area contributed by atoms with E-state index in [1.165, 1.54) is 14.0 Å². The summed E-state index contributed by atoms with van der Waals surface area (Å²) in [6.45, 7) is 1.42. The summed E-state index contributed by atoms with van der Waals surface area (Å²) in [5.41, 5.74) is 1.52. The lowest BCUT2D eigenvalue weighted by Crippen LogP contribution is -2.43. The van der Waals surface area contributed by atoms with Crippen molar-refractivity contribution in [2.75, 3.05) is 7.05 Å². The van der Waals surface area contributed by atoms with Crippen LogP contribution < -0.4 is 10.6 Å². The number of ether oxygens (including phenoxy) is 1. The molecule has 2 aromatic carbocycles. The van der Waals surface area contributed by atoms with Gasteiger partial charge in [-0.1, -0.05) is 60.7 Å². The van der Waals surface area contributed by atoms with Crippen molar-refractivity contribution in [3.63, 3.8) is 0 Å². The molecule has 130 valence electrons. The first-order valence-corrected chi connectivity index (χ1v) is 7.86. The fourth-order valence-electron chi connectivity index (χ4n) is 2.33. The van der Waals surface area contributed by atoms with Crippen LogP contribution in [0.25, 0.3) is 0 Å². The summed E-state index contributed by atoms with van der Waals surface area (Å²) in [7, 11) is 1.39. The average molecular weight is 340 g/mol. The lowest BCUT2D eigenvalue weighted by atomic mass is 9.91. The predicted octanol–water partition coefficient (Wildman–Crippen LogP) is 2.21. The summed E-state index contributed by atoms with van der Waals surface area (Å²) < 4.78 is 5.30. The van der Waals surface area contributed by atoms with Crippen molar-refractivity contribution in [2.24, 2.45) is 0 Å². The first-order chi connectivity index (χ1) is 12.0. The van der Waals surface area contributed by atoms with E-state index < -0.39 is 29.9 Å². The molecule has 2 rings (SSSR count). The Balaban J connectivity index is 2.19. The van der Waals surface area contributed by atoms with Gasteiger partial charge >= 0.3 is 12.0 Å². The zero-order valence-electron chi connectivity index (χ0n) is 14.1. The number of rotatable bonds is 5. The first kappa shape index (κ1) is 18.2. The first-order valence-electron chi connectivity index (χ1n) is 7.86. The second kappa shape index (κ2) is 8.63. The van der Waals surface area contributed by atoms with Crippen LogP contribution in [0.15, 0.2) is 60.7 Å². The molecule has 0 saturated carbocycles. The number of esters is 1. The number of nitrogens with one attached hydrogen (secondary N) is 2. The fraction of sp³-hybridized carbons (Fsp3) is 0.211. The normalized spacial score (nSPS) is 11.5. The van der Waals surface area contributed by atoms with E-state index in [0.717, 1.165) is 11.1 Å². The number of benzene rings is 2. The molecule has 2 N–H and O–H groups in total. The van der Waals surface area contributed by atoms with Gasteiger partial charge in [-0.05, 0) is 18.1 Å². The molecule has 6 heteroatoms. The van der Waals surface area contributed by atoms with Crippen LogP contribution in [0.4, 0.5) is 4.79 Å². The van der Waals surface area contributed by atoms with Gasteiger partial charge in [0.15, 0.2) is 6.10 Å².